The van der Waals surface area contributed by atoms with Crippen LogP contribution < -0.4 is 4.74 Å². The third-order valence-corrected chi connectivity index (χ3v) is 2.01. The molecule has 1 nitrogen and oxygen atoms in total. The van der Waals surface area contributed by atoms with Crippen LogP contribution in [0.2, 0.25) is 6.32 Å². The molecule has 1 aromatic rings. The molecule has 1 aromatic carbocycles. The average Bonchev–Trinajstić information content (AvgIpc) is 2.04. The molecule has 58 valence electrons. The highest BCUT2D eigenvalue weighted by molar-refractivity contribution is 14.1. The highest BCUT2D eigenvalue weighted by Crippen LogP contribution is 2.13. The van der Waals surface area contributed by atoms with Crippen LogP contribution in [-0.2, 0) is 0 Å². The molecule has 0 heterocycles. The van der Waals surface area contributed by atoms with Crippen LogP contribution in [0, 0.1) is 3.57 Å². The van der Waals surface area contributed by atoms with Gasteiger partial charge in [0.25, 0.3) is 0 Å². The molecule has 0 aromatic heterocycles. The molecular formula is C8H10BIO. The summed E-state index contributed by atoms with van der Waals surface area (Å²) in [5.74, 6) is 0.965. The van der Waals surface area contributed by atoms with Gasteiger partial charge in [0, 0.05) is 3.57 Å². The van der Waals surface area contributed by atoms with Crippen molar-refractivity contribution in [3.63, 3.8) is 0 Å². The third kappa shape index (κ3) is 3.14. The molecule has 0 atom stereocenters. The molecule has 0 saturated heterocycles. The fourth-order valence-electron chi connectivity index (χ4n) is 0.751. The zero-order valence-corrected chi connectivity index (χ0v) is 8.67. The summed E-state index contributed by atoms with van der Waals surface area (Å²) in [7, 11) is 2.10. The summed E-state index contributed by atoms with van der Waals surface area (Å²) in [6, 6.07) is 8.09. The number of halogens is 1. The average molecular weight is 260 g/mol. The van der Waals surface area contributed by atoms with Crippen LogP contribution in [-0.4, -0.2) is 14.5 Å². The minimum atomic E-state index is 0.806. The van der Waals surface area contributed by atoms with E-state index in [1.165, 1.54) is 3.57 Å². The van der Waals surface area contributed by atoms with Crippen LogP contribution in [0.1, 0.15) is 0 Å². The number of ether oxygens (including phenoxy) is 1. The highest BCUT2D eigenvalue weighted by atomic mass is 127. The van der Waals surface area contributed by atoms with Crippen LogP contribution in [0.3, 0.4) is 0 Å². The van der Waals surface area contributed by atoms with Gasteiger partial charge in [0.05, 0.1) is 6.61 Å². The topological polar surface area (TPSA) is 9.23 Å². The lowest BCUT2D eigenvalue weighted by molar-refractivity contribution is 0.340. The van der Waals surface area contributed by atoms with Crippen molar-refractivity contribution >= 4 is 30.4 Å². The largest absolute Gasteiger partial charge is 0.494 e. The summed E-state index contributed by atoms with van der Waals surface area (Å²) in [5.41, 5.74) is 0. The second-order valence-corrected chi connectivity index (χ2v) is 3.55. The van der Waals surface area contributed by atoms with E-state index >= 15 is 0 Å². The fourth-order valence-corrected chi connectivity index (χ4v) is 1.11. The maximum absolute atomic E-state index is 5.41. The van der Waals surface area contributed by atoms with Gasteiger partial charge in [0.2, 0.25) is 0 Å². The Labute approximate surface area is 81.7 Å². The molecule has 0 aliphatic heterocycles. The van der Waals surface area contributed by atoms with E-state index in [0.717, 1.165) is 18.7 Å². The lowest BCUT2D eigenvalue weighted by Crippen LogP contribution is -1.95. The molecule has 0 aliphatic carbocycles. The van der Waals surface area contributed by atoms with Gasteiger partial charge in [-0.1, -0.05) is 0 Å². The van der Waals surface area contributed by atoms with Gasteiger partial charge in [-0.25, -0.2) is 0 Å². The van der Waals surface area contributed by atoms with Gasteiger partial charge in [-0.3, -0.25) is 0 Å². The molecule has 0 bridgehead atoms. The molecule has 0 unspecified atom stereocenters. The summed E-state index contributed by atoms with van der Waals surface area (Å²) in [5, 5.41) is 0. The minimum absolute atomic E-state index is 0.806. The zero-order chi connectivity index (χ0) is 8.10. The second kappa shape index (κ2) is 4.64. The molecule has 0 aliphatic rings. The van der Waals surface area contributed by atoms with Gasteiger partial charge in [-0.2, -0.15) is 0 Å². The van der Waals surface area contributed by atoms with E-state index in [-0.39, 0.29) is 0 Å². The number of hydrogen-bond acceptors (Lipinski definition) is 1. The van der Waals surface area contributed by atoms with Crippen molar-refractivity contribution in [3.05, 3.63) is 27.8 Å². The number of hydrogen-bond donors (Lipinski definition) is 0. The smallest absolute Gasteiger partial charge is 0.119 e. The summed E-state index contributed by atoms with van der Waals surface area (Å²) >= 11 is 2.28. The molecule has 0 saturated carbocycles. The summed E-state index contributed by atoms with van der Waals surface area (Å²) in [4.78, 5) is 0. The van der Waals surface area contributed by atoms with E-state index in [2.05, 4.69) is 30.4 Å². The maximum atomic E-state index is 5.41. The fraction of sp³-hybridized carbons (Fsp3) is 0.250. The van der Waals surface area contributed by atoms with Gasteiger partial charge in [-0.15, -0.1) is 0 Å². The van der Waals surface area contributed by atoms with Crippen LogP contribution in [0.25, 0.3) is 0 Å². The van der Waals surface area contributed by atoms with Gasteiger partial charge < -0.3 is 4.74 Å². The van der Waals surface area contributed by atoms with Gasteiger partial charge in [0.15, 0.2) is 0 Å². The van der Waals surface area contributed by atoms with Crippen molar-refractivity contribution < 1.29 is 4.74 Å². The van der Waals surface area contributed by atoms with E-state index in [4.69, 9.17) is 4.74 Å². The van der Waals surface area contributed by atoms with Gasteiger partial charge in [0.1, 0.15) is 13.6 Å². The lowest BCUT2D eigenvalue weighted by atomic mass is 10.1. The number of rotatable bonds is 3. The first-order chi connectivity index (χ1) is 5.33. The second-order valence-electron chi connectivity index (χ2n) is 2.30. The summed E-state index contributed by atoms with van der Waals surface area (Å²) in [6.07, 6.45) is 1.06. The molecule has 0 radical (unpaired) electrons. The Morgan fingerprint density at radius 1 is 1.27 bits per heavy atom. The van der Waals surface area contributed by atoms with Crippen molar-refractivity contribution in [2.24, 2.45) is 0 Å². The lowest BCUT2D eigenvalue weighted by Gasteiger charge is -2.02. The molecule has 0 amide bonds. The molecule has 0 spiro atoms. The Bertz CT molecular complexity index is 210. The first-order valence-electron chi connectivity index (χ1n) is 3.71. The number of benzene rings is 1. The minimum Gasteiger partial charge on any atom is -0.494 e. The van der Waals surface area contributed by atoms with Crippen LogP contribution in [0.15, 0.2) is 24.3 Å². The predicted molar refractivity (Wildman–Crippen MR) is 58.0 cm³/mol. The van der Waals surface area contributed by atoms with Crippen molar-refractivity contribution in [1.29, 1.82) is 0 Å². The Balaban J connectivity index is 2.52. The van der Waals surface area contributed by atoms with Crippen molar-refractivity contribution in [2.45, 2.75) is 6.32 Å². The Kier molecular flexibility index (Phi) is 3.76. The van der Waals surface area contributed by atoms with E-state index < -0.39 is 0 Å². The van der Waals surface area contributed by atoms with Crippen LogP contribution >= 0.6 is 22.6 Å². The van der Waals surface area contributed by atoms with Gasteiger partial charge in [-0.05, 0) is 53.2 Å². The highest BCUT2D eigenvalue weighted by Gasteiger charge is 1.90. The quantitative estimate of drug-likeness (QED) is 0.593. The molecule has 0 N–H and O–H groups in total. The standard InChI is InChI=1S/C8H10BIO/c9-5-6-11-8-3-1-7(10)2-4-8/h1-4H,5-6,9H2. The molecule has 1 rings (SSSR count). The normalized spacial score (nSPS) is 9.55. The van der Waals surface area contributed by atoms with Crippen LogP contribution in [0.5, 0.6) is 5.75 Å². The summed E-state index contributed by atoms with van der Waals surface area (Å²) < 4.78 is 6.65. The third-order valence-electron chi connectivity index (χ3n) is 1.29. The van der Waals surface area contributed by atoms with Gasteiger partial charge >= 0.3 is 0 Å². The molecule has 11 heavy (non-hydrogen) atoms. The zero-order valence-electron chi connectivity index (χ0n) is 6.51. The molecule has 3 heteroatoms. The van der Waals surface area contributed by atoms with Crippen LogP contribution in [0.4, 0.5) is 0 Å². The van der Waals surface area contributed by atoms with E-state index in [1.54, 1.807) is 0 Å². The Morgan fingerprint density at radius 2 is 1.91 bits per heavy atom. The predicted octanol–water partition coefficient (Wildman–Crippen LogP) is 1.72. The maximum Gasteiger partial charge on any atom is 0.119 e. The first-order valence-corrected chi connectivity index (χ1v) is 4.79. The van der Waals surface area contributed by atoms with Crippen molar-refractivity contribution in [2.75, 3.05) is 6.61 Å². The van der Waals surface area contributed by atoms with E-state index in [0.29, 0.717) is 0 Å². The SMILES string of the molecule is BCCOc1ccc(I)cc1. The van der Waals surface area contributed by atoms with Crippen molar-refractivity contribution in [1.82, 2.24) is 0 Å². The summed E-state index contributed by atoms with van der Waals surface area (Å²) in [6.45, 7) is 0.806. The monoisotopic (exact) mass is 260 g/mol. The molecule has 0 fully saturated rings. The van der Waals surface area contributed by atoms with E-state index in [9.17, 15) is 0 Å². The Morgan fingerprint density at radius 3 is 2.45 bits per heavy atom. The molecular weight excluding hydrogens is 250 g/mol. The van der Waals surface area contributed by atoms with Crippen molar-refractivity contribution in [3.8, 4) is 5.75 Å². The Hall–Kier alpha value is -0.185. The first kappa shape index (κ1) is 8.91. The van der Waals surface area contributed by atoms with E-state index in [1.807, 2.05) is 24.3 Å².